The van der Waals surface area contributed by atoms with Crippen molar-refractivity contribution in [1.82, 2.24) is 10.4 Å². The molecule has 0 atom stereocenters. The van der Waals surface area contributed by atoms with Gasteiger partial charge in [0.05, 0.1) is 26.3 Å². The van der Waals surface area contributed by atoms with E-state index in [9.17, 15) is 14.9 Å². The van der Waals surface area contributed by atoms with Gasteiger partial charge < -0.3 is 4.74 Å². The van der Waals surface area contributed by atoms with Gasteiger partial charge in [-0.3, -0.25) is 14.9 Å². The van der Waals surface area contributed by atoms with E-state index < -0.39 is 10.8 Å². The van der Waals surface area contributed by atoms with Crippen LogP contribution in [-0.2, 0) is 9.53 Å². The van der Waals surface area contributed by atoms with E-state index in [2.05, 4.69) is 20.2 Å². The maximum absolute atomic E-state index is 11.4. The normalized spacial score (nSPS) is 11.1. The lowest BCUT2D eigenvalue weighted by molar-refractivity contribution is -0.387. The number of aromatic nitrogens is 1. The molecule has 0 saturated heterocycles. The van der Waals surface area contributed by atoms with E-state index in [0.29, 0.717) is 10.5 Å². The quantitative estimate of drug-likeness (QED) is 0.368. The molecule has 0 saturated carbocycles. The van der Waals surface area contributed by atoms with E-state index in [1.54, 1.807) is 12.1 Å². The van der Waals surface area contributed by atoms with Crippen LogP contribution in [0.4, 0.5) is 5.69 Å². The Morgan fingerprint density at radius 3 is 2.96 bits per heavy atom. The first-order chi connectivity index (χ1) is 13.1. The van der Waals surface area contributed by atoms with Crippen molar-refractivity contribution in [2.75, 3.05) is 13.7 Å². The number of hydrazone groups is 1. The van der Waals surface area contributed by atoms with Crippen molar-refractivity contribution in [2.24, 2.45) is 5.10 Å². The molecule has 0 radical (unpaired) electrons. The van der Waals surface area contributed by atoms with Crippen LogP contribution in [0.25, 0.3) is 10.2 Å². The summed E-state index contributed by atoms with van der Waals surface area (Å²) in [5, 5.41) is 15.2. The van der Waals surface area contributed by atoms with Crippen LogP contribution >= 0.6 is 23.1 Å². The summed E-state index contributed by atoms with van der Waals surface area (Å²) in [5.41, 5.74) is 3.58. The minimum absolute atomic E-state index is 0.0496. The highest BCUT2D eigenvalue weighted by atomic mass is 32.2. The number of amides is 1. The molecule has 10 heteroatoms. The third-order valence-corrected chi connectivity index (χ3v) is 5.49. The number of carbonyl (C=O) groups is 1. The number of hydrogen-bond acceptors (Lipinski definition) is 8. The van der Waals surface area contributed by atoms with Crippen molar-refractivity contribution in [2.45, 2.75) is 9.24 Å². The SMILES string of the molecule is COCC(=O)N/N=C\c1ccc(Sc2nc3ccccc3s2)c([N+](=O)[O-])c1. The maximum atomic E-state index is 11.4. The minimum Gasteiger partial charge on any atom is -0.375 e. The lowest BCUT2D eigenvalue weighted by Crippen LogP contribution is -2.22. The molecular formula is C17H14N4O4S2. The van der Waals surface area contributed by atoms with Gasteiger partial charge in [0.25, 0.3) is 11.6 Å². The summed E-state index contributed by atoms with van der Waals surface area (Å²) in [6, 6.07) is 12.4. The van der Waals surface area contributed by atoms with E-state index in [1.165, 1.54) is 42.5 Å². The fourth-order valence-corrected chi connectivity index (χ4v) is 4.28. The van der Waals surface area contributed by atoms with Crippen LogP contribution in [0, 0.1) is 10.1 Å². The number of benzene rings is 2. The largest absolute Gasteiger partial charge is 0.375 e. The van der Waals surface area contributed by atoms with E-state index in [1.807, 2.05) is 24.3 Å². The van der Waals surface area contributed by atoms with Gasteiger partial charge in [-0.15, -0.1) is 11.3 Å². The van der Waals surface area contributed by atoms with Crippen molar-refractivity contribution in [3.8, 4) is 0 Å². The average molecular weight is 402 g/mol. The number of methoxy groups -OCH3 is 1. The zero-order valence-corrected chi connectivity index (χ0v) is 15.8. The number of rotatable bonds is 7. The number of fused-ring (bicyclic) bond motifs is 1. The molecule has 27 heavy (non-hydrogen) atoms. The molecule has 138 valence electrons. The molecule has 1 heterocycles. The summed E-state index contributed by atoms with van der Waals surface area (Å²) in [7, 11) is 1.40. The molecule has 8 nitrogen and oxygen atoms in total. The smallest absolute Gasteiger partial charge is 0.283 e. The number of ether oxygens (including phenoxy) is 1. The number of para-hydroxylation sites is 1. The van der Waals surface area contributed by atoms with Crippen molar-refractivity contribution in [1.29, 1.82) is 0 Å². The summed E-state index contributed by atoms with van der Waals surface area (Å²) in [6.07, 6.45) is 1.34. The Balaban J connectivity index is 1.80. The van der Waals surface area contributed by atoms with Crippen LogP contribution < -0.4 is 5.43 Å². The first-order valence-corrected chi connectivity index (χ1v) is 9.33. The molecule has 1 aromatic heterocycles. The van der Waals surface area contributed by atoms with E-state index in [0.717, 1.165) is 14.6 Å². The Hall–Kier alpha value is -2.82. The van der Waals surface area contributed by atoms with E-state index >= 15 is 0 Å². The van der Waals surface area contributed by atoms with Crippen LogP contribution in [0.5, 0.6) is 0 Å². The minimum atomic E-state index is -0.448. The van der Waals surface area contributed by atoms with Gasteiger partial charge in [0.2, 0.25) is 0 Å². The molecule has 0 aliphatic carbocycles. The lowest BCUT2D eigenvalue weighted by Gasteiger charge is -2.02. The second kappa shape index (κ2) is 8.71. The summed E-state index contributed by atoms with van der Waals surface area (Å²) in [5.74, 6) is -0.411. The van der Waals surface area contributed by atoms with Gasteiger partial charge in [0.15, 0.2) is 4.34 Å². The van der Waals surface area contributed by atoms with Gasteiger partial charge in [0, 0.05) is 18.7 Å². The highest BCUT2D eigenvalue weighted by Crippen LogP contribution is 2.38. The highest BCUT2D eigenvalue weighted by Gasteiger charge is 2.17. The number of nitro groups is 1. The summed E-state index contributed by atoms with van der Waals surface area (Å²) < 4.78 is 6.42. The Morgan fingerprint density at radius 2 is 2.22 bits per heavy atom. The topological polar surface area (TPSA) is 107 Å². The number of nitrogens with zero attached hydrogens (tertiary/aromatic N) is 3. The van der Waals surface area contributed by atoms with Gasteiger partial charge in [-0.25, -0.2) is 10.4 Å². The van der Waals surface area contributed by atoms with Gasteiger partial charge in [-0.1, -0.05) is 30.0 Å². The van der Waals surface area contributed by atoms with Crippen LogP contribution in [0.1, 0.15) is 5.56 Å². The van der Waals surface area contributed by atoms with Crippen LogP contribution in [0.2, 0.25) is 0 Å². The van der Waals surface area contributed by atoms with Gasteiger partial charge in [-0.2, -0.15) is 5.10 Å². The molecule has 0 spiro atoms. The molecule has 0 bridgehead atoms. The fraction of sp³-hybridized carbons (Fsp3) is 0.118. The molecule has 3 aromatic rings. The summed E-state index contributed by atoms with van der Waals surface area (Å²) in [6.45, 7) is -0.116. The van der Waals surface area contributed by atoms with Gasteiger partial charge >= 0.3 is 0 Å². The van der Waals surface area contributed by atoms with Crippen molar-refractivity contribution >= 4 is 51.1 Å². The Bertz CT molecular complexity index is 986. The molecule has 1 N–H and O–H groups in total. The van der Waals surface area contributed by atoms with E-state index in [-0.39, 0.29) is 12.3 Å². The first kappa shape index (κ1) is 19.0. The highest BCUT2D eigenvalue weighted by molar-refractivity contribution is 8.01. The molecule has 1 amide bonds. The molecule has 0 aliphatic heterocycles. The predicted octanol–water partition coefficient (Wildman–Crippen LogP) is 3.45. The first-order valence-electron chi connectivity index (χ1n) is 7.69. The Labute approximate surface area is 162 Å². The number of nitro benzene ring substituents is 1. The van der Waals surface area contributed by atoms with Crippen molar-refractivity contribution in [3.63, 3.8) is 0 Å². The zero-order valence-electron chi connectivity index (χ0n) is 14.1. The molecule has 0 fully saturated rings. The van der Waals surface area contributed by atoms with E-state index in [4.69, 9.17) is 0 Å². The van der Waals surface area contributed by atoms with Crippen molar-refractivity contribution in [3.05, 3.63) is 58.1 Å². The molecule has 2 aromatic carbocycles. The molecule has 3 rings (SSSR count). The van der Waals surface area contributed by atoms with Crippen LogP contribution in [0.3, 0.4) is 0 Å². The second-order valence-electron chi connectivity index (χ2n) is 5.26. The predicted molar refractivity (Wildman–Crippen MR) is 104 cm³/mol. The number of hydrogen-bond donors (Lipinski definition) is 1. The van der Waals surface area contributed by atoms with Crippen LogP contribution in [0.15, 0.2) is 56.8 Å². The zero-order chi connectivity index (χ0) is 19.2. The second-order valence-corrected chi connectivity index (χ2v) is 7.58. The van der Waals surface area contributed by atoms with Gasteiger partial charge in [0.1, 0.15) is 6.61 Å². The fourth-order valence-electron chi connectivity index (χ4n) is 2.17. The Morgan fingerprint density at radius 1 is 1.41 bits per heavy atom. The standard InChI is InChI=1S/C17H14N4O4S2/c1-25-10-16(22)20-18-9-11-6-7-15(13(8-11)21(23)24)27-17-19-12-4-2-3-5-14(12)26-17/h2-9H,10H2,1H3,(H,20,22)/b18-9-. The molecular weight excluding hydrogens is 388 g/mol. The Kier molecular flexibility index (Phi) is 6.12. The monoisotopic (exact) mass is 402 g/mol. The molecule has 0 unspecified atom stereocenters. The number of thiazole rings is 1. The number of carbonyl (C=O) groups excluding carboxylic acids is 1. The third-order valence-electron chi connectivity index (χ3n) is 3.33. The van der Waals surface area contributed by atoms with Crippen LogP contribution in [-0.4, -0.2) is 35.7 Å². The van der Waals surface area contributed by atoms with Gasteiger partial charge in [-0.05, 0) is 18.2 Å². The summed E-state index contributed by atoms with van der Waals surface area (Å²) >= 11 is 2.73. The molecule has 0 aliphatic rings. The third kappa shape index (κ3) is 4.88. The summed E-state index contributed by atoms with van der Waals surface area (Å²) in [4.78, 5) is 27.2. The average Bonchev–Trinajstić information content (AvgIpc) is 3.05. The number of nitrogens with one attached hydrogen (secondary N) is 1. The lowest BCUT2D eigenvalue weighted by atomic mass is 10.2. The maximum Gasteiger partial charge on any atom is 0.283 e. The van der Waals surface area contributed by atoms with Crippen molar-refractivity contribution < 1.29 is 14.5 Å².